The maximum absolute atomic E-state index is 13.0. The van der Waals surface area contributed by atoms with Crippen molar-refractivity contribution >= 4 is 34.4 Å². The van der Waals surface area contributed by atoms with Crippen LogP contribution in [-0.2, 0) is 11.3 Å². The molecule has 0 radical (unpaired) electrons. The van der Waals surface area contributed by atoms with Crippen molar-refractivity contribution in [2.75, 3.05) is 12.9 Å². The number of ketones is 1. The Morgan fingerprint density at radius 2 is 1.94 bits per heavy atom. The van der Waals surface area contributed by atoms with Crippen LogP contribution in [0.25, 0.3) is 10.9 Å². The molecule has 1 aromatic heterocycles. The number of carbonyl (C=O) groups is 2. The van der Waals surface area contributed by atoms with Gasteiger partial charge >= 0.3 is 5.97 Å². The van der Waals surface area contributed by atoms with E-state index in [1.165, 1.54) is 29.9 Å². The van der Waals surface area contributed by atoms with E-state index in [0.717, 1.165) is 22.9 Å². The first-order valence-corrected chi connectivity index (χ1v) is 10.7. The van der Waals surface area contributed by atoms with Gasteiger partial charge in [-0.2, -0.15) is 0 Å². The lowest BCUT2D eigenvalue weighted by Crippen LogP contribution is -2.28. The number of hydrogen-bond donors (Lipinski definition) is 1. The zero-order valence-electron chi connectivity index (χ0n) is 17.8. The van der Waals surface area contributed by atoms with Crippen molar-refractivity contribution in [1.82, 2.24) is 9.55 Å². The van der Waals surface area contributed by atoms with E-state index in [2.05, 4.69) is 4.98 Å². The van der Waals surface area contributed by atoms with Crippen LogP contribution in [0, 0.1) is 13.8 Å². The van der Waals surface area contributed by atoms with E-state index < -0.39 is 12.1 Å². The van der Waals surface area contributed by atoms with E-state index in [4.69, 9.17) is 4.74 Å². The molecule has 0 aliphatic carbocycles. The van der Waals surface area contributed by atoms with Crippen molar-refractivity contribution in [1.29, 1.82) is 0 Å². The van der Waals surface area contributed by atoms with Crippen LogP contribution in [0.4, 0.5) is 0 Å². The van der Waals surface area contributed by atoms with Crippen LogP contribution < -0.4 is 5.56 Å². The van der Waals surface area contributed by atoms with Gasteiger partial charge in [-0.05, 0) is 50.6 Å². The third-order valence-electron chi connectivity index (χ3n) is 4.81. The van der Waals surface area contributed by atoms with Crippen molar-refractivity contribution in [2.24, 2.45) is 0 Å². The monoisotopic (exact) mass is 440 g/mol. The third-order valence-corrected chi connectivity index (χ3v) is 5.79. The Balaban J connectivity index is 2.01. The first kappa shape index (κ1) is 22.7. The fourth-order valence-corrected chi connectivity index (χ4v) is 4.12. The number of rotatable bonds is 7. The predicted molar refractivity (Wildman–Crippen MR) is 120 cm³/mol. The van der Waals surface area contributed by atoms with Gasteiger partial charge in [0.25, 0.3) is 5.56 Å². The highest BCUT2D eigenvalue weighted by Gasteiger charge is 2.17. The van der Waals surface area contributed by atoms with Crippen molar-refractivity contribution < 1.29 is 19.4 Å². The van der Waals surface area contributed by atoms with Crippen LogP contribution in [0.15, 0.2) is 46.3 Å². The number of benzene rings is 2. The van der Waals surface area contributed by atoms with Gasteiger partial charge in [-0.15, -0.1) is 0 Å². The first-order valence-electron chi connectivity index (χ1n) is 9.75. The minimum Gasteiger partial charge on any atom is -0.465 e. The molecule has 1 N–H and O–H groups in total. The molecule has 0 aliphatic rings. The molecule has 0 saturated carbocycles. The number of aliphatic hydroxyl groups excluding tert-OH is 1. The Kier molecular flexibility index (Phi) is 6.92. The molecule has 31 heavy (non-hydrogen) atoms. The van der Waals surface area contributed by atoms with Gasteiger partial charge in [0.2, 0.25) is 0 Å². The molecule has 0 spiro atoms. The van der Waals surface area contributed by atoms with Crippen molar-refractivity contribution in [3.05, 3.63) is 69.0 Å². The summed E-state index contributed by atoms with van der Waals surface area (Å²) in [6.45, 7) is 5.42. The molecule has 0 unspecified atom stereocenters. The molecule has 7 nitrogen and oxygen atoms in total. The van der Waals surface area contributed by atoms with Crippen molar-refractivity contribution in [2.45, 2.75) is 38.6 Å². The minimum atomic E-state index is -0.777. The lowest BCUT2D eigenvalue weighted by molar-refractivity contribution is 0.0600. The van der Waals surface area contributed by atoms with Gasteiger partial charge in [0.05, 0.1) is 42.0 Å². The minimum absolute atomic E-state index is 0.0422. The number of thioether (sulfide) groups is 1. The van der Waals surface area contributed by atoms with E-state index in [1.54, 1.807) is 6.92 Å². The van der Waals surface area contributed by atoms with E-state index in [9.17, 15) is 19.5 Å². The summed E-state index contributed by atoms with van der Waals surface area (Å²) < 4.78 is 6.10. The van der Waals surface area contributed by atoms with Crippen molar-refractivity contribution in [3.63, 3.8) is 0 Å². The van der Waals surface area contributed by atoms with Gasteiger partial charge in [0.15, 0.2) is 10.9 Å². The normalized spacial score (nSPS) is 12.0. The number of aryl methyl sites for hydroxylation is 2. The highest BCUT2D eigenvalue weighted by Crippen LogP contribution is 2.22. The van der Waals surface area contributed by atoms with E-state index in [0.29, 0.717) is 21.6 Å². The molecular weight excluding hydrogens is 416 g/mol. The van der Waals surface area contributed by atoms with Gasteiger partial charge in [0, 0.05) is 5.56 Å². The molecule has 3 aromatic rings. The first-order chi connectivity index (χ1) is 14.7. The second-order valence-electron chi connectivity index (χ2n) is 7.41. The maximum Gasteiger partial charge on any atom is 0.337 e. The summed E-state index contributed by atoms with van der Waals surface area (Å²) in [4.78, 5) is 42.2. The Labute approximate surface area is 184 Å². The molecule has 1 atom stereocenters. The second kappa shape index (κ2) is 9.45. The molecule has 162 valence electrons. The SMILES string of the molecule is COC(=O)c1ccc2c(=O)n(C[C@H](C)O)c(SCC(=O)c3cc(C)ccc3C)nc2c1. The summed E-state index contributed by atoms with van der Waals surface area (Å²) in [6, 6.07) is 10.2. The quantitative estimate of drug-likeness (QED) is 0.261. The average Bonchev–Trinajstić information content (AvgIpc) is 2.74. The highest BCUT2D eigenvalue weighted by molar-refractivity contribution is 7.99. The fraction of sp³-hybridized carbons (Fsp3) is 0.304. The van der Waals surface area contributed by atoms with Crippen LogP contribution in [0.1, 0.15) is 38.8 Å². The standard InChI is InChI=1S/C23H24N2O5S/c1-13-5-6-14(2)18(9-13)20(27)12-31-23-24-19-10-16(22(29)30-4)7-8-17(19)21(28)25(23)11-15(3)26/h5-10,15,26H,11-12H2,1-4H3/t15-/m0/s1. The van der Waals surface area contributed by atoms with Gasteiger partial charge in [-0.25, -0.2) is 9.78 Å². The summed E-state index contributed by atoms with van der Waals surface area (Å²) in [5, 5.41) is 10.5. The van der Waals surface area contributed by atoms with Gasteiger partial charge in [0.1, 0.15) is 0 Å². The number of fused-ring (bicyclic) bond motifs is 1. The number of ether oxygens (including phenoxy) is 1. The number of Topliss-reactive ketones (excluding diaryl/α,β-unsaturated/α-hetero) is 1. The molecule has 0 saturated heterocycles. The van der Waals surface area contributed by atoms with Crippen LogP contribution in [0.5, 0.6) is 0 Å². The van der Waals surface area contributed by atoms with Crippen LogP contribution in [0.3, 0.4) is 0 Å². The summed E-state index contributed by atoms with van der Waals surface area (Å²) in [5.41, 5.74) is 2.76. The number of aliphatic hydroxyl groups is 1. The van der Waals surface area contributed by atoms with E-state index >= 15 is 0 Å². The second-order valence-corrected chi connectivity index (χ2v) is 8.36. The Morgan fingerprint density at radius 1 is 1.19 bits per heavy atom. The lowest BCUT2D eigenvalue weighted by atomic mass is 10.0. The molecule has 8 heteroatoms. The average molecular weight is 441 g/mol. The van der Waals surface area contributed by atoms with Gasteiger partial charge in [-0.1, -0.05) is 29.5 Å². The number of methoxy groups -OCH3 is 1. The van der Waals surface area contributed by atoms with Gasteiger partial charge < -0.3 is 9.84 Å². The predicted octanol–water partition coefficient (Wildman–Crippen LogP) is 3.16. The summed E-state index contributed by atoms with van der Waals surface area (Å²) >= 11 is 1.13. The Bertz CT molecular complexity index is 1220. The zero-order valence-corrected chi connectivity index (χ0v) is 18.7. The third kappa shape index (κ3) is 5.03. The molecule has 1 heterocycles. The molecule has 3 rings (SSSR count). The largest absolute Gasteiger partial charge is 0.465 e. The van der Waals surface area contributed by atoms with E-state index in [-0.39, 0.29) is 29.2 Å². The number of carbonyl (C=O) groups excluding carboxylic acids is 2. The van der Waals surface area contributed by atoms with E-state index in [1.807, 2.05) is 32.0 Å². The van der Waals surface area contributed by atoms with Crippen LogP contribution in [-0.4, -0.2) is 45.4 Å². The molecule has 0 fully saturated rings. The van der Waals surface area contributed by atoms with Gasteiger partial charge in [-0.3, -0.25) is 14.2 Å². The molecule has 0 amide bonds. The maximum atomic E-state index is 13.0. The number of nitrogens with zero attached hydrogens (tertiary/aromatic N) is 2. The number of hydrogen-bond acceptors (Lipinski definition) is 7. The summed E-state index contributed by atoms with van der Waals surface area (Å²) in [7, 11) is 1.28. The molecule has 0 bridgehead atoms. The topological polar surface area (TPSA) is 98.5 Å². The number of aromatic nitrogens is 2. The summed E-state index contributed by atoms with van der Waals surface area (Å²) in [6.07, 6.45) is -0.777. The van der Waals surface area contributed by atoms with Crippen LogP contribution in [0.2, 0.25) is 0 Å². The summed E-state index contributed by atoms with van der Waals surface area (Å²) in [5.74, 6) is -0.526. The molecule has 0 aliphatic heterocycles. The Hall–Kier alpha value is -2.97. The zero-order chi connectivity index (χ0) is 22.7. The highest BCUT2D eigenvalue weighted by atomic mass is 32.2. The lowest BCUT2D eigenvalue weighted by Gasteiger charge is -2.15. The van der Waals surface area contributed by atoms with Crippen molar-refractivity contribution in [3.8, 4) is 0 Å². The van der Waals surface area contributed by atoms with Crippen LogP contribution >= 0.6 is 11.8 Å². The smallest absolute Gasteiger partial charge is 0.337 e. The molecule has 2 aromatic carbocycles. The molecular formula is C23H24N2O5S. The Morgan fingerprint density at radius 3 is 2.61 bits per heavy atom. The fourth-order valence-electron chi connectivity index (χ4n) is 3.22. The number of esters is 1.